The van der Waals surface area contributed by atoms with Gasteiger partial charge in [0.1, 0.15) is 0 Å². The van der Waals surface area contributed by atoms with Crippen molar-refractivity contribution in [3.05, 3.63) is 77.1 Å². The van der Waals surface area contributed by atoms with Gasteiger partial charge in [-0.05, 0) is 44.5 Å². The fourth-order valence-electron chi connectivity index (χ4n) is 4.35. The molecule has 0 spiro atoms. The Bertz CT molecular complexity index is 1250. The van der Waals surface area contributed by atoms with Crippen LogP contribution in [-0.4, -0.2) is 42.6 Å². The van der Waals surface area contributed by atoms with E-state index in [1.54, 1.807) is 18.2 Å². The molecule has 2 heterocycles. The van der Waals surface area contributed by atoms with E-state index in [0.717, 1.165) is 5.69 Å². The van der Waals surface area contributed by atoms with Gasteiger partial charge in [0.25, 0.3) is 0 Å². The Morgan fingerprint density at radius 3 is 2.40 bits per heavy atom. The van der Waals surface area contributed by atoms with E-state index in [-0.39, 0.29) is 17.3 Å². The Morgan fingerprint density at radius 1 is 0.971 bits per heavy atom. The lowest BCUT2D eigenvalue weighted by Crippen LogP contribution is -2.20. The van der Waals surface area contributed by atoms with Crippen LogP contribution in [0.1, 0.15) is 58.3 Å². The summed E-state index contributed by atoms with van der Waals surface area (Å²) in [5, 5.41) is 2.92. The lowest BCUT2D eigenvalue weighted by Gasteiger charge is -2.18. The summed E-state index contributed by atoms with van der Waals surface area (Å²) in [6.45, 7) is 4.90. The Balaban J connectivity index is 1.63. The average molecular weight is 477 g/mol. The number of anilines is 1. The van der Waals surface area contributed by atoms with Gasteiger partial charge in [0.2, 0.25) is 11.7 Å². The second-order valence-electron chi connectivity index (χ2n) is 8.03. The standard InChI is InChI=1S/C27H28N2O6/c1-4-34-23-16-18(27(32)33-3)15-20(25(23)35-5-2)28-26(31)19-13-14-29-21(19)11-12-22(29)24(30)17-9-7-6-8-10-17/h6-12,15-16,19H,4-5,13-14H2,1-3H3,(H,28,31)/t19-/m0/s1. The lowest BCUT2D eigenvalue weighted by atomic mass is 10.0. The molecule has 0 saturated heterocycles. The molecule has 1 N–H and O–H groups in total. The number of rotatable bonds is 9. The number of nitrogens with one attached hydrogen (secondary N) is 1. The number of carbonyl (C=O) groups excluding carboxylic acids is 3. The molecule has 0 bridgehead atoms. The third kappa shape index (κ3) is 4.77. The maximum Gasteiger partial charge on any atom is 0.338 e. The molecule has 0 fully saturated rings. The van der Waals surface area contributed by atoms with Gasteiger partial charge in [-0.2, -0.15) is 0 Å². The van der Waals surface area contributed by atoms with Gasteiger partial charge in [-0.25, -0.2) is 4.79 Å². The highest BCUT2D eigenvalue weighted by Crippen LogP contribution is 2.39. The number of esters is 1. The van der Waals surface area contributed by atoms with Crippen molar-refractivity contribution in [2.24, 2.45) is 0 Å². The van der Waals surface area contributed by atoms with Crippen molar-refractivity contribution in [1.29, 1.82) is 0 Å². The van der Waals surface area contributed by atoms with E-state index in [2.05, 4.69) is 5.32 Å². The highest BCUT2D eigenvalue weighted by atomic mass is 16.5. The monoisotopic (exact) mass is 476 g/mol. The van der Waals surface area contributed by atoms with Crippen molar-refractivity contribution in [3.63, 3.8) is 0 Å². The minimum atomic E-state index is -0.552. The molecule has 0 unspecified atom stereocenters. The van der Waals surface area contributed by atoms with Crippen LogP contribution in [0.2, 0.25) is 0 Å². The van der Waals surface area contributed by atoms with E-state index in [1.165, 1.54) is 19.2 Å². The molecule has 0 aliphatic carbocycles. The van der Waals surface area contributed by atoms with Crippen LogP contribution in [0.15, 0.2) is 54.6 Å². The topological polar surface area (TPSA) is 95.9 Å². The van der Waals surface area contributed by atoms with E-state index in [4.69, 9.17) is 14.2 Å². The second-order valence-corrected chi connectivity index (χ2v) is 8.03. The summed E-state index contributed by atoms with van der Waals surface area (Å²) in [6, 6.07) is 15.7. The van der Waals surface area contributed by atoms with E-state index in [1.807, 2.05) is 42.7 Å². The molecule has 8 nitrogen and oxygen atoms in total. The molecule has 4 rings (SSSR count). The third-order valence-corrected chi connectivity index (χ3v) is 5.92. The second kappa shape index (κ2) is 10.5. The highest BCUT2D eigenvalue weighted by Gasteiger charge is 2.33. The first-order valence-electron chi connectivity index (χ1n) is 11.6. The number of benzene rings is 2. The summed E-state index contributed by atoms with van der Waals surface area (Å²) >= 11 is 0. The van der Waals surface area contributed by atoms with Gasteiger partial charge in [0, 0.05) is 17.8 Å². The van der Waals surface area contributed by atoms with Gasteiger partial charge < -0.3 is 24.1 Å². The predicted molar refractivity (Wildman–Crippen MR) is 130 cm³/mol. The van der Waals surface area contributed by atoms with Crippen molar-refractivity contribution in [2.75, 3.05) is 25.6 Å². The van der Waals surface area contributed by atoms with Crippen LogP contribution in [0.3, 0.4) is 0 Å². The number of amides is 1. The average Bonchev–Trinajstić information content (AvgIpc) is 3.48. The molecular weight excluding hydrogens is 448 g/mol. The summed E-state index contributed by atoms with van der Waals surface area (Å²) < 4.78 is 18.2. The van der Waals surface area contributed by atoms with Crippen LogP contribution in [-0.2, 0) is 16.1 Å². The van der Waals surface area contributed by atoms with Gasteiger partial charge in [-0.3, -0.25) is 9.59 Å². The smallest absolute Gasteiger partial charge is 0.338 e. The van der Waals surface area contributed by atoms with Gasteiger partial charge >= 0.3 is 5.97 Å². The summed E-state index contributed by atoms with van der Waals surface area (Å²) in [5.74, 6) is -0.654. The number of hydrogen-bond acceptors (Lipinski definition) is 6. The van der Waals surface area contributed by atoms with E-state index >= 15 is 0 Å². The molecule has 2 aromatic carbocycles. The van der Waals surface area contributed by atoms with Crippen molar-refractivity contribution in [1.82, 2.24) is 4.57 Å². The zero-order valence-electron chi connectivity index (χ0n) is 20.0. The number of ether oxygens (including phenoxy) is 3. The SMILES string of the molecule is CCOc1cc(C(=O)OC)cc(NC(=O)[C@H]2CCn3c(C(=O)c4ccccc4)ccc32)c1OCC. The molecule has 1 atom stereocenters. The van der Waals surface area contributed by atoms with Crippen molar-refractivity contribution >= 4 is 23.3 Å². The number of methoxy groups -OCH3 is 1. The molecular formula is C27H28N2O6. The molecule has 1 amide bonds. The van der Waals surface area contributed by atoms with Crippen LogP contribution < -0.4 is 14.8 Å². The van der Waals surface area contributed by atoms with Gasteiger partial charge in [-0.1, -0.05) is 30.3 Å². The first-order chi connectivity index (χ1) is 17.0. The van der Waals surface area contributed by atoms with Crippen LogP contribution in [0.4, 0.5) is 5.69 Å². The first kappa shape index (κ1) is 24.1. The fourth-order valence-corrected chi connectivity index (χ4v) is 4.35. The molecule has 182 valence electrons. The maximum atomic E-state index is 13.4. The van der Waals surface area contributed by atoms with Gasteiger partial charge in [0.05, 0.1) is 43.2 Å². The van der Waals surface area contributed by atoms with E-state index in [0.29, 0.717) is 54.6 Å². The van der Waals surface area contributed by atoms with E-state index < -0.39 is 11.9 Å². The predicted octanol–water partition coefficient (Wildman–Crippen LogP) is 4.43. The van der Waals surface area contributed by atoms with Crippen LogP contribution in [0.25, 0.3) is 0 Å². The number of ketones is 1. The number of nitrogens with zero attached hydrogens (tertiary/aromatic N) is 1. The minimum absolute atomic E-state index is 0.0799. The molecule has 0 radical (unpaired) electrons. The normalized spacial score (nSPS) is 14.2. The Labute approximate surface area is 203 Å². The number of aromatic nitrogens is 1. The van der Waals surface area contributed by atoms with E-state index in [9.17, 15) is 14.4 Å². The fraction of sp³-hybridized carbons (Fsp3) is 0.296. The van der Waals surface area contributed by atoms with Crippen molar-refractivity contribution in [3.8, 4) is 11.5 Å². The quantitative estimate of drug-likeness (QED) is 0.363. The third-order valence-electron chi connectivity index (χ3n) is 5.92. The van der Waals surface area contributed by atoms with Crippen molar-refractivity contribution in [2.45, 2.75) is 32.7 Å². The molecule has 0 saturated carbocycles. The summed E-state index contributed by atoms with van der Waals surface area (Å²) in [4.78, 5) is 38.6. The molecule has 1 aromatic heterocycles. The lowest BCUT2D eigenvalue weighted by molar-refractivity contribution is -0.117. The number of carbonyl (C=O) groups is 3. The van der Waals surface area contributed by atoms with Crippen molar-refractivity contribution < 1.29 is 28.6 Å². The summed E-state index contributed by atoms with van der Waals surface area (Å²) in [6.07, 6.45) is 0.552. The Morgan fingerprint density at radius 2 is 1.71 bits per heavy atom. The van der Waals surface area contributed by atoms with Gasteiger partial charge in [0.15, 0.2) is 11.5 Å². The zero-order chi connectivity index (χ0) is 24.9. The minimum Gasteiger partial charge on any atom is -0.490 e. The largest absolute Gasteiger partial charge is 0.490 e. The highest BCUT2D eigenvalue weighted by molar-refractivity contribution is 6.08. The van der Waals surface area contributed by atoms with Gasteiger partial charge in [-0.15, -0.1) is 0 Å². The summed E-state index contributed by atoms with van der Waals surface area (Å²) in [7, 11) is 1.29. The number of fused-ring (bicyclic) bond motifs is 1. The number of hydrogen-bond donors (Lipinski definition) is 1. The zero-order valence-corrected chi connectivity index (χ0v) is 20.0. The maximum absolute atomic E-state index is 13.4. The molecule has 3 aromatic rings. The van der Waals surface area contributed by atoms with Crippen LogP contribution in [0, 0.1) is 0 Å². The molecule has 1 aliphatic rings. The summed E-state index contributed by atoms with van der Waals surface area (Å²) in [5.41, 5.74) is 2.50. The Hall–Kier alpha value is -4.07. The molecule has 35 heavy (non-hydrogen) atoms. The van der Waals surface area contributed by atoms with Crippen LogP contribution in [0.5, 0.6) is 11.5 Å². The Kier molecular flexibility index (Phi) is 7.19. The van der Waals surface area contributed by atoms with Crippen LogP contribution >= 0.6 is 0 Å². The first-order valence-corrected chi connectivity index (χ1v) is 11.6. The molecule has 8 heteroatoms. The molecule has 1 aliphatic heterocycles.